The van der Waals surface area contributed by atoms with Gasteiger partial charge in [0.25, 0.3) is 10.0 Å². The maximum absolute atomic E-state index is 13.5. The number of carbonyl (C=O) groups excluding carboxylic acids is 1. The number of methoxy groups -OCH3 is 1. The van der Waals surface area contributed by atoms with E-state index in [0.29, 0.717) is 12.0 Å². The molecule has 3 aromatic rings. The van der Waals surface area contributed by atoms with Crippen LogP contribution in [0, 0.1) is 5.92 Å². The van der Waals surface area contributed by atoms with Crippen molar-refractivity contribution in [2.24, 2.45) is 5.92 Å². The van der Waals surface area contributed by atoms with Gasteiger partial charge in [0.1, 0.15) is 17.8 Å². The molecule has 1 heterocycles. The van der Waals surface area contributed by atoms with Crippen LogP contribution in [0.2, 0.25) is 5.02 Å². The predicted molar refractivity (Wildman–Crippen MR) is 121 cm³/mol. The maximum Gasteiger partial charge on any atom is 0.265 e. The Kier molecular flexibility index (Phi) is 7.32. The fraction of sp³-hybridized carbons (Fsp3) is 0.227. The number of nitrogens with zero attached hydrogens (tertiary/aromatic N) is 3. The van der Waals surface area contributed by atoms with Crippen LogP contribution in [0.15, 0.2) is 59.8 Å². The van der Waals surface area contributed by atoms with E-state index >= 15 is 0 Å². The largest absolute Gasteiger partial charge is 0.497 e. The first-order valence-electron chi connectivity index (χ1n) is 9.67. The lowest BCUT2D eigenvalue weighted by atomic mass is 10.2. The van der Waals surface area contributed by atoms with Gasteiger partial charge < -0.3 is 9.47 Å². The molecule has 0 radical (unpaired) electrons. The van der Waals surface area contributed by atoms with Crippen LogP contribution in [0.5, 0.6) is 17.2 Å². The minimum atomic E-state index is -4.02. The van der Waals surface area contributed by atoms with Crippen LogP contribution in [0.1, 0.15) is 24.3 Å². The third-order valence-corrected chi connectivity index (χ3v) is 6.46. The molecule has 10 heteroatoms. The number of hydrogen-bond acceptors (Lipinski definition) is 7. The van der Waals surface area contributed by atoms with Crippen molar-refractivity contribution in [2.75, 3.05) is 18.0 Å². The van der Waals surface area contributed by atoms with Gasteiger partial charge in [0.05, 0.1) is 17.0 Å². The zero-order valence-electron chi connectivity index (χ0n) is 17.7. The lowest BCUT2D eigenvalue weighted by Crippen LogP contribution is -2.35. The molecule has 0 bridgehead atoms. The third kappa shape index (κ3) is 5.00. The minimum absolute atomic E-state index is 0.0589. The summed E-state index contributed by atoms with van der Waals surface area (Å²) in [5, 5.41) is 0.235. The molecule has 0 saturated carbocycles. The fourth-order valence-electron chi connectivity index (χ4n) is 2.89. The predicted octanol–water partition coefficient (Wildman–Crippen LogP) is 4.59. The zero-order valence-corrected chi connectivity index (χ0v) is 19.3. The number of anilines is 1. The van der Waals surface area contributed by atoms with Gasteiger partial charge in [-0.25, -0.2) is 22.7 Å². The van der Waals surface area contributed by atoms with E-state index in [1.807, 2.05) is 13.8 Å². The molecule has 3 rings (SSSR count). The number of carbonyl (C=O) groups is 1. The van der Waals surface area contributed by atoms with Crippen LogP contribution in [-0.2, 0) is 10.0 Å². The van der Waals surface area contributed by atoms with Gasteiger partial charge in [-0.15, -0.1) is 0 Å². The Morgan fingerprint density at radius 2 is 1.84 bits per heavy atom. The SMILES string of the molecule is COc1ccc(Cl)c(Oc2c(C=O)ncnc2N(CC(C)C)S(=O)(=O)c2ccccc2)c1. The van der Waals surface area contributed by atoms with E-state index in [9.17, 15) is 13.2 Å². The summed E-state index contributed by atoms with van der Waals surface area (Å²) in [6.07, 6.45) is 1.59. The molecule has 168 valence electrons. The average molecular weight is 476 g/mol. The number of aromatic nitrogens is 2. The first-order valence-corrected chi connectivity index (χ1v) is 11.5. The van der Waals surface area contributed by atoms with E-state index < -0.39 is 10.0 Å². The lowest BCUT2D eigenvalue weighted by molar-refractivity contribution is 0.111. The summed E-state index contributed by atoms with van der Waals surface area (Å²) in [5.41, 5.74) is -0.120. The van der Waals surface area contributed by atoms with Gasteiger partial charge in [-0.05, 0) is 30.2 Å². The molecule has 0 fully saturated rings. The summed E-state index contributed by atoms with van der Waals surface area (Å²) in [5.74, 6) is 0.367. The highest BCUT2D eigenvalue weighted by Crippen LogP contribution is 2.39. The topological polar surface area (TPSA) is 98.7 Å². The van der Waals surface area contributed by atoms with Crippen molar-refractivity contribution in [1.29, 1.82) is 0 Å². The van der Waals surface area contributed by atoms with Gasteiger partial charge in [0.2, 0.25) is 0 Å². The van der Waals surface area contributed by atoms with Crippen LogP contribution in [0.25, 0.3) is 0 Å². The number of aldehydes is 1. The van der Waals surface area contributed by atoms with E-state index in [1.165, 1.54) is 25.3 Å². The van der Waals surface area contributed by atoms with E-state index in [4.69, 9.17) is 21.1 Å². The molecule has 2 aromatic carbocycles. The summed E-state index contributed by atoms with van der Waals surface area (Å²) in [7, 11) is -2.54. The molecule has 1 aromatic heterocycles. The Bertz CT molecular complexity index is 1200. The summed E-state index contributed by atoms with van der Waals surface area (Å²) < 4.78 is 39.3. The Labute approximate surface area is 191 Å². The van der Waals surface area contributed by atoms with E-state index in [2.05, 4.69) is 9.97 Å². The van der Waals surface area contributed by atoms with Crippen molar-refractivity contribution < 1.29 is 22.7 Å². The standard InChI is InChI=1S/C22H22ClN3O5S/c1-15(2)12-26(32(28,29)17-7-5-4-6-8-17)22-21(19(13-27)24-14-25-22)31-20-11-16(30-3)9-10-18(20)23/h4-11,13-15H,12H2,1-3H3. The molecule has 0 unspecified atom stereocenters. The second kappa shape index (κ2) is 9.97. The first-order chi connectivity index (χ1) is 15.3. The van der Waals surface area contributed by atoms with Gasteiger partial charge in [-0.3, -0.25) is 4.79 Å². The second-order valence-corrected chi connectivity index (χ2v) is 9.44. The summed E-state index contributed by atoms with van der Waals surface area (Å²) in [6, 6.07) is 12.7. The fourth-order valence-corrected chi connectivity index (χ4v) is 4.65. The quantitative estimate of drug-likeness (QED) is 0.417. The van der Waals surface area contributed by atoms with Crippen molar-refractivity contribution in [3.05, 3.63) is 65.6 Å². The smallest absolute Gasteiger partial charge is 0.265 e. The van der Waals surface area contributed by atoms with E-state index in [0.717, 1.165) is 10.6 Å². The number of halogens is 1. The highest BCUT2D eigenvalue weighted by Gasteiger charge is 2.31. The summed E-state index contributed by atoms with van der Waals surface area (Å²) in [6.45, 7) is 3.83. The number of benzene rings is 2. The van der Waals surface area contributed by atoms with E-state index in [-0.39, 0.29) is 45.4 Å². The Morgan fingerprint density at radius 1 is 1.12 bits per heavy atom. The van der Waals surface area contributed by atoms with Gasteiger partial charge in [-0.1, -0.05) is 43.6 Å². The number of rotatable bonds is 9. The minimum Gasteiger partial charge on any atom is -0.497 e. The van der Waals surface area contributed by atoms with Gasteiger partial charge in [-0.2, -0.15) is 0 Å². The Hall–Kier alpha value is -3.17. The molecular weight excluding hydrogens is 454 g/mol. The summed E-state index contributed by atoms with van der Waals surface area (Å²) >= 11 is 6.26. The number of hydrogen-bond donors (Lipinski definition) is 0. The maximum atomic E-state index is 13.5. The van der Waals surface area contributed by atoms with Gasteiger partial charge in [0, 0.05) is 12.6 Å². The van der Waals surface area contributed by atoms with Crippen LogP contribution in [0.4, 0.5) is 5.82 Å². The third-order valence-electron chi connectivity index (χ3n) is 4.37. The van der Waals surface area contributed by atoms with Crippen molar-refractivity contribution >= 4 is 33.7 Å². The Balaban J connectivity index is 2.20. The molecule has 0 N–H and O–H groups in total. The van der Waals surface area contributed by atoms with E-state index in [1.54, 1.807) is 30.3 Å². The molecule has 8 nitrogen and oxygen atoms in total. The van der Waals surface area contributed by atoms with Crippen molar-refractivity contribution in [1.82, 2.24) is 9.97 Å². The molecule has 0 atom stereocenters. The first kappa shape index (κ1) is 23.5. The lowest BCUT2D eigenvalue weighted by Gasteiger charge is -2.27. The highest BCUT2D eigenvalue weighted by molar-refractivity contribution is 7.92. The molecule has 0 saturated heterocycles. The molecule has 0 aliphatic carbocycles. The molecule has 32 heavy (non-hydrogen) atoms. The monoisotopic (exact) mass is 475 g/mol. The zero-order chi connectivity index (χ0) is 23.3. The van der Waals surface area contributed by atoms with Crippen LogP contribution >= 0.6 is 11.6 Å². The van der Waals surface area contributed by atoms with Gasteiger partial charge in [0.15, 0.2) is 23.5 Å². The molecular formula is C22H22ClN3O5S. The molecule has 0 aliphatic heterocycles. The number of ether oxygens (including phenoxy) is 2. The Morgan fingerprint density at radius 3 is 2.47 bits per heavy atom. The van der Waals surface area contributed by atoms with Crippen molar-refractivity contribution in [2.45, 2.75) is 18.7 Å². The highest BCUT2D eigenvalue weighted by atomic mass is 35.5. The number of sulfonamides is 1. The van der Waals surface area contributed by atoms with Gasteiger partial charge >= 0.3 is 0 Å². The van der Waals surface area contributed by atoms with Crippen molar-refractivity contribution in [3.8, 4) is 17.2 Å². The van der Waals surface area contributed by atoms with Crippen molar-refractivity contribution in [3.63, 3.8) is 0 Å². The molecule has 0 amide bonds. The normalized spacial score (nSPS) is 11.3. The van der Waals surface area contributed by atoms with Crippen LogP contribution in [-0.4, -0.2) is 38.3 Å². The van der Waals surface area contributed by atoms with Crippen LogP contribution < -0.4 is 13.8 Å². The van der Waals surface area contributed by atoms with Crippen LogP contribution in [0.3, 0.4) is 0 Å². The molecule has 0 aliphatic rings. The molecule has 0 spiro atoms. The summed E-state index contributed by atoms with van der Waals surface area (Å²) in [4.78, 5) is 19.9. The second-order valence-electron chi connectivity index (χ2n) is 7.17. The average Bonchev–Trinajstić information content (AvgIpc) is 2.79.